The van der Waals surface area contributed by atoms with Crippen molar-refractivity contribution in [3.05, 3.63) is 29.6 Å². The molecule has 0 fully saturated rings. The second kappa shape index (κ2) is 5.61. The first-order valence-corrected chi connectivity index (χ1v) is 5.16. The number of methoxy groups -OCH3 is 1. The van der Waals surface area contributed by atoms with Crippen LogP contribution in [0.25, 0.3) is 0 Å². The molecule has 0 spiro atoms. The lowest BCUT2D eigenvalue weighted by atomic mass is 10.0. The molecule has 0 aliphatic carbocycles. The van der Waals surface area contributed by atoms with Gasteiger partial charge in [0.2, 0.25) is 0 Å². The SMILES string of the molecule is CCCC(O)C(=O)c1cccc(OC)c1F. The maximum Gasteiger partial charge on any atom is 0.194 e. The van der Waals surface area contributed by atoms with Crippen LogP contribution in [0.2, 0.25) is 0 Å². The zero-order valence-electron chi connectivity index (χ0n) is 9.37. The Morgan fingerprint density at radius 3 is 2.81 bits per heavy atom. The molecule has 0 amide bonds. The molecule has 1 N–H and O–H groups in total. The Balaban J connectivity index is 2.99. The number of aliphatic hydroxyl groups is 1. The second-order valence-corrected chi connectivity index (χ2v) is 3.49. The Hall–Kier alpha value is -1.42. The minimum absolute atomic E-state index is 0.00884. The van der Waals surface area contributed by atoms with E-state index < -0.39 is 17.7 Å². The van der Waals surface area contributed by atoms with E-state index in [9.17, 15) is 14.3 Å². The highest BCUT2D eigenvalue weighted by Gasteiger charge is 2.21. The summed E-state index contributed by atoms with van der Waals surface area (Å²) in [5, 5.41) is 9.50. The van der Waals surface area contributed by atoms with Gasteiger partial charge in [0.25, 0.3) is 0 Å². The summed E-state index contributed by atoms with van der Waals surface area (Å²) in [5.41, 5.74) is -0.125. The van der Waals surface area contributed by atoms with E-state index in [1.165, 1.54) is 25.3 Å². The van der Waals surface area contributed by atoms with E-state index >= 15 is 0 Å². The number of ketones is 1. The van der Waals surface area contributed by atoms with Crippen molar-refractivity contribution in [3.8, 4) is 5.75 Å². The Kier molecular flexibility index (Phi) is 4.43. The molecule has 0 aliphatic heterocycles. The number of carbonyl (C=O) groups excluding carboxylic acids is 1. The van der Waals surface area contributed by atoms with E-state index in [1.807, 2.05) is 6.92 Å². The lowest BCUT2D eigenvalue weighted by Crippen LogP contribution is -2.21. The summed E-state index contributed by atoms with van der Waals surface area (Å²) in [6.07, 6.45) is -0.153. The Bertz CT molecular complexity index is 377. The van der Waals surface area contributed by atoms with Crippen molar-refractivity contribution in [2.24, 2.45) is 0 Å². The highest BCUT2D eigenvalue weighted by molar-refractivity contribution is 5.99. The average Bonchev–Trinajstić information content (AvgIpc) is 2.29. The average molecular weight is 226 g/mol. The van der Waals surface area contributed by atoms with Gasteiger partial charge in [-0.05, 0) is 18.6 Å². The molecule has 3 nitrogen and oxygen atoms in total. The maximum atomic E-state index is 13.7. The molecule has 0 saturated carbocycles. The Morgan fingerprint density at radius 1 is 1.56 bits per heavy atom. The monoisotopic (exact) mass is 226 g/mol. The zero-order valence-corrected chi connectivity index (χ0v) is 9.37. The fraction of sp³-hybridized carbons (Fsp3) is 0.417. The summed E-state index contributed by atoms with van der Waals surface area (Å²) in [4.78, 5) is 11.7. The van der Waals surface area contributed by atoms with Crippen molar-refractivity contribution in [3.63, 3.8) is 0 Å². The molecule has 4 heteroatoms. The van der Waals surface area contributed by atoms with Crippen molar-refractivity contribution in [2.45, 2.75) is 25.9 Å². The topological polar surface area (TPSA) is 46.5 Å². The third-order valence-electron chi connectivity index (χ3n) is 2.31. The van der Waals surface area contributed by atoms with Crippen LogP contribution >= 0.6 is 0 Å². The smallest absolute Gasteiger partial charge is 0.194 e. The molecule has 1 aromatic rings. The van der Waals surface area contributed by atoms with Crippen LogP contribution in [0.5, 0.6) is 5.75 Å². The first kappa shape index (κ1) is 12.6. The fourth-order valence-electron chi connectivity index (χ4n) is 1.44. The van der Waals surface area contributed by atoms with Crippen molar-refractivity contribution in [2.75, 3.05) is 7.11 Å². The van der Waals surface area contributed by atoms with Gasteiger partial charge in [-0.15, -0.1) is 0 Å². The minimum Gasteiger partial charge on any atom is -0.494 e. The van der Waals surface area contributed by atoms with Crippen LogP contribution in [0.1, 0.15) is 30.1 Å². The van der Waals surface area contributed by atoms with Crippen molar-refractivity contribution >= 4 is 5.78 Å². The highest BCUT2D eigenvalue weighted by atomic mass is 19.1. The summed E-state index contributed by atoms with van der Waals surface area (Å²) in [6.45, 7) is 1.85. The number of hydrogen-bond acceptors (Lipinski definition) is 3. The van der Waals surface area contributed by atoms with Gasteiger partial charge in [0.05, 0.1) is 12.7 Å². The van der Waals surface area contributed by atoms with Gasteiger partial charge in [-0.25, -0.2) is 4.39 Å². The minimum atomic E-state index is -1.15. The van der Waals surface area contributed by atoms with Crippen LogP contribution in [-0.4, -0.2) is 24.1 Å². The van der Waals surface area contributed by atoms with E-state index in [2.05, 4.69) is 0 Å². The molecule has 0 aromatic heterocycles. The lowest BCUT2D eigenvalue weighted by Gasteiger charge is -2.10. The van der Waals surface area contributed by atoms with Crippen molar-refractivity contribution in [1.29, 1.82) is 0 Å². The molecule has 1 unspecified atom stereocenters. The third-order valence-corrected chi connectivity index (χ3v) is 2.31. The van der Waals surface area contributed by atoms with E-state index in [0.717, 1.165) is 0 Å². The van der Waals surface area contributed by atoms with Crippen LogP contribution in [0.3, 0.4) is 0 Å². The standard InChI is InChI=1S/C12H15FO3/c1-3-5-9(14)12(15)8-6-4-7-10(16-2)11(8)13/h4,6-7,9,14H,3,5H2,1-2H3. The molecule has 0 saturated heterocycles. The molecule has 0 heterocycles. The van der Waals surface area contributed by atoms with Crippen LogP contribution in [0.15, 0.2) is 18.2 Å². The van der Waals surface area contributed by atoms with Gasteiger partial charge in [-0.3, -0.25) is 4.79 Å². The Morgan fingerprint density at radius 2 is 2.25 bits per heavy atom. The van der Waals surface area contributed by atoms with Gasteiger partial charge >= 0.3 is 0 Å². The number of rotatable bonds is 5. The number of ether oxygens (including phenoxy) is 1. The normalized spacial score (nSPS) is 12.2. The number of halogens is 1. The molecule has 0 bridgehead atoms. The molecule has 1 atom stereocenters. The predicted molar refractivity (Wildman–Crippen MR) is 58.2 cm³/mol. The van der Waals surface area contributed by atoms with Gasteiger partial charge in [0.1, 0.15) is 6.10 Å². The zero-order chi connectivity index (χ0) is 12.1. The summed E-state index contributed by atoms with van der Waals surface area (Å²) in [6, 6.07) is 4.30. The number of carbonyl (C=O) groups is 1. The first-order chi connectivity index (χ1) is 7.61. The number of hydrogen-bond donors (Lipinski definition) is 1. The molecular formula is C12H15FO3. The van der Waals surface area contributed by atoms with Gasteiger partial charge in [-0.1, -0.05) is 19.4 Å². The van der Waals surface area contributed by atoms with Crippen LogP contribution in [-0.2, 0) is 0 Å². The molecule has 16 heavy (non-hydrogen) atoms. The summed E-state index contributed by atoms with van der Waals surface area (Å²) in [7, 11) is 1.33. The van der Waals surface area contributed by atoms with Gasteiger partial charge in [0.15, 0.2) is 17.3 Å². The van der Waals surface area contributed by atoms with Gasteiger partial charge in [-0.2, -0.15) is 0 Å². The fourth-order valence-corrected chi connectivity index (χ4v) is 1.44. The summed E-state index contributed by atoms with van der Waals surface area (Å²) in [5.74, 6) is -1.31. The van der Waals surface area contributed by atoms with E-state index in [4.69, 9.17) is 4.74 Å². The predicted octanol–water partition coefficient (Wildman–Crippen LogP) is 2.18. The summed E-state index contributed by atoms with van der Waals surface area (Å²) < 4.78 is 18.4. The lowest BCUT2D eigenvalue weighted by molar-refractivity contribution is 0.0724. The quantitative estimate of drug-likeness (QED) is 0.783. The number of Topliss-reactive ketones (excluding diaryl/α,β-unsaturated/α-hetero) is 1. The largest absolute Gasteiger partial charge is 0.494 e. The van der Waals surface area contributed by atoms with E-state index in [-0.39, 0.29) is 11.3 Å². The van der Waals surface area contributed by atoms with Crippen molar-refractivity contribution in [1.82, 2.24) is 0 Å². The van der Waals surface area contributed by atoms with Crippen LogP contribution < -0.4 is 4.74 Å². The Labute approximate surface area is 93.9 Å². The van der Waals surface area contributed by atoms with Crippen LogP contribution in [0, 0.1) is 5.82 Å². The molecule has 0 aliphatic rings. The summed E-state index contributed by atoms with van der Waals surface area (Å²) >= 11 is 0. The molecule has 88 valence electrons. The first-order valence-electron chi connectivity index (χ1n) is 5.16. The third kappa shape index (κ3) is 2.58. The second-order valence-electron chi connectivity index (χ2n) is 3.49. The van der Waals surface area contributed by atoms with E-state index in [0.29, 0.717) is 12.8 Å². The van der Waals surface area contributed by atoms with Crippen molar-refractivity contribution < 1.29 is 19.0 Å². The molecule has 1 aromatic carbocycles. The highest BCUT2D eigenvalue weighted by Crippen LogP contribution is 2.21. The molecule has 0 radical (unpaired) electrons. The number of benzene rings is 1. The number of aliphatic hydroxyl groups excluding tert-OH is 1. The van der Waals surface area contributed by atoms with Gasteiger partial charge in [0, 0.05) is 0 Å². The molecule has 1 rings (SSSR count). The van der Waals surface area contributed by atoms with Crippen LogP contribution in [0.4, 0.5) is 4.39 Å². The van der Waals surface area contributed by atoms with E-state index in [1.54, 1.807) is 0 Å². The van der Waals surface area contributed by atoms with Gasteiger partial charge < -0.3 is 9.84 Å². The maximum absolute atomic E-state index is 13.7. The molecular weight excluding hydrogens is 211 g/mol.